The third-order valence-electron chi connectivity index (χ3n) is 4.25. The monoisotopic (exact) mass is 216 g/mol. The van der Waals surface area contributed by atoms with Crippen LogP contribution in [0.4, 0.5) is 0 Å². The smallest absolute Gasteiger partial charge is 0.0328 e. The van der Waals surface area contributed by atoms with Crippen LogP contribution in [0.5, 0.6) is 0 Å². The Bertz CT molecular complexity index is 427. The van der Waals surface area contributed by atoms with Gasteiger partial charge in [0.2, 0.25) is 0 Å². The molecule has 1 aliphatic carbocycles. The van der Waals surface area contributed by atoms with E-state index < -0.39 is 0 Å². The third kappa shape index (κ3) is 1.66. The summed E-state index contributed by atoms with van der Waals surface area (Å²) in [5.41, 5.74) is 10.6. The second kappa shape index (κ2) is 3.31. The predicted molar refractivity (Wildman–Crippen MR) is 66.2 cm³/mol. The summed E-state index contributed by atoms with van der Waals surface area (Å²) in [6.45, 7) is 7.70. The lowest BCUT2D eigenvalue weighted by atomic mass is 10.1. The fourth-order valence-corrected chi connectivity index (χ4v) is 2.91. The molecule has 2 heteroatoms. The number of aryl methyl sites for hydroxylation is 2. The highest BCUT2D eigenvalue weighted by Gasteiger charge is 2.56. The number of rotatable bonds is 2. The number of hydrogen-bond donors (Lipinski definition) is 1. The van der Waals surface area contributed by atoms with Crippen LogP contribution in [0.3, 0.4) is 0 Å². The lowest BCUT2D eigenvalue weighted by Crippen LogP contribution is -2.32. The van der Waals surface area contributed by atoms with Crippen LogP contribution in [0, 0.1) is 19.8 Å². The first-order valence-electron chi connectivity index (χ1n) is 6.14. The zero-order valence-corrected chi connectivity index (χ0v) is 10.2. The normalized spacial score (nSPS) is 32.8. The quantitative estimate of drug-likeness (QED) is 0.817. The summed E-state index contributed by atoms with van der Waals surface area (Å²) in [6.07, 6.45) is 1.25. The molecule has 1 saturated heterocycles. The van der Waals surface area contributed by atoms with E-state index in [4.69, 9.17) is 5.73 Å². The van der Waals surface area contributed by atoms with Crippen LogP contribution in [0.2, 0.25) is 0 Å². The number of nitrogens with zero attached hydrogens (tertiary/aromatic N) is 1. The summed E-state index contributed by atoms with van der Waals surface area (Å²) in [4.78, 5) is 2.50. The third-order valence-corrected chi connectivity index (χ3v) is 4.25. The molecule has 0 aromatic heterocycles. The number of fused-ring (bicyclic) bond motifs is 1. The Balaban J connectivity index is 1.68. The Morgan fingerprint density at radius 2 is 2.19 bits per heavy atom. The van der Waals surface area contributed by atoms with Crippen LogP contribution >= 0.6 is 0 Å². The van der Waals surface area contributed by atoms with E-state index in [-0.39, 0.29) is 5.54 Å². The van der Waals surface area contributed by atoms with Crippen LogP contribution in [0.1, 0.15) is 23.1 Å². The van der Waals surface area contributed by atoms with Crippen LogP contribution in [0.25, 0.3) is 0 Å². The molecule has 3 rings (SSSR count). The molecule has 0 spiro atoms. The van der Waals surface area contributed by atoms with Crippen molar-refractivity contribution in [3.63, 3.8) is 0 Å². The lowest BCUT2D eigenvalue weighted by Gasteiger charge is -2.19. The first-order valence-corrected chi connectivity index (χ1v) is 6.14. The Kier molecular flexibility index (Phi) is 2.13. The van der Waals surface area contributed by atoms with E-state index in [1.165, 1.54) is 29.7 Å². The molecule has 0 radical (unpaired) electrons. The molecule has 2 nitrogen and oxygen atoms in total. The van der Waals surface area contributed by atoms with Crippen molar-refractivity contribution < 1.29 is 0 Å². The highest BCUT2D eigenvalue weighted by Crippen LogP contribution is 2.47. The molecule has 16 heavy (non-hydrogen) atoms. The molecule has 0 unspecified atom stereocenters. The average molecular weight is 216 g/mol. The van der Waals surface area contributed by atoms with Gasteiger partial charge in [-0.1, -0.05) is 18.2 Å². The van der Waals surface area contributed by atoms with Gasteiger partial charge in [-0.2, -0.15) is 0 Å². The van der Waals surface area contributed by atoms with Crippen molar-refractivity contribution in [3.8, 4) is 0 Å². The maximum atomic E-state index is 6.21. The van der Waals surface area contributed by atoms with E-state index in [1.54, 1.807) is 0 Å². The van der Waals surface area contributed by atoms with Gasteiger partial charge in [-0.15, -0.1) is 0 Å². The minimum Gasteiger partial charge on any atom is -0.324 e. The van der Waals surface area contributed by atoms with Crippen LogP contribution in [-0.4, -0.2) is 23.5 Å². The van der Waals surface area contributed by atoms with Crippen molar-refractivity contribution >= 4 is 0 Å². The van der Waals surface area contributed by atoms with Gasteiger partial charge in [-0.05, 0) is 42.9 Å². The fraction of sp³-hybridized carbons (Fsp3) is 0.571. The summed E-state index contributed by atoms with van der Waals surface area (Å²) in [5, 5.41) is 0. The molecule has 1 aromatic carbocycles. The Morgan fingerprint density at radius 3 is 2.81 bits per heavy atom. The van der Waals surface area contributed by atoms with Crippen LogP contribution < -0.4 is 5.73 Å². The predicted octanol–water partition coefficient (Wildman–Crippen LogP) is 1.84. The van der Waals surface area contributed by atoms with Crippen molar-refractivity contribution in [2.45, 2.75) is 32.4 Å². The van der Waals surface area contributed by atoms with Crippen molar-refractivity contribution in [2.24, 2.45) is 11.7 Å². The zero-order chi connectivity index (χ0) is 11.3. The van der Waals surface area contributed by atoms with E-state index in [1.807, 2.05) is 0 Å². The fourth-order valence-electron chi connectivity index (χ4n) is 2.91. The molecule has 1 heterocycles. The molecule has 0 amide bonds. The van der Waals surface area contributed by atoms with Gasteiger partial charge in [0.15, 0.2) is 0 Å². The zero-order valence-electron chi connectivity index (χ0n) is 10.2. The molecular formula is C14H20N2. The topological polar surface area (TPSA) is 29.3 Å². The maximum absolute atomic E-state index is 6.21. The van der Waals surface area contributed by atoms with E-state index >= 15 is 0 Å². The summed E-state index contributed by atoms with van der Waals surface area (Å²) in [5.74, 6) is 0.777. The minimum absolute atomic E-state index is 0.180. The van der Waals surface area contributed by atoms with Crippen molar-refractivity contribution in [2.75, 3.05) is 13.1 Å². The number of hydrogen-bond acceptors (Lipinski definition) is 2. The lowest BCUT2D eigenvalue weighted by molar-refractivity contribution is 0.290. The molecular weight excluding hydrogens is 196 g/mol. The highest BCUT2D eigenvalue weighted by atomic mass is 15.2. The first-order chi connectivity index (χ1) is 7.57. The average Bonchev–Trinajstić information content (AvgIpc) is 2.72. The summed E-state index contributed by atoms with van der Waals surface area (Å²) in [7, 11) is 0. The number of likely N-dealkylation sites (tertiary alicyclic amines) is 1. The van der Waals surface area contributed by atoms with Gasteiger partial charge >= 0.3 is 0 Å². The number of nitrogens with two attached hydrogens (primary N) is 1. The first kappa shape index (κ1) is 10.3. The second-order valence-electron chi connectivity index (χ2n) is 5.72. The highest BCUT2D eigenvalue weighted by molar-refractivity contribution is 5.30. The molecule has 2 N–H and O–H groups in total. The second-order valence-corrected chi connectivity index (χ2v) is 5.72. The molecule has 2 aliphatic rings. The van der Waals surface area contributed by atoms with Crippen LogP contribution in [0.15, 0.2) is 18.2 Å². The summed E-state index contributed by atoms with van der Waals surface area (Å²) in [6, 6.07) is 6.78. The van der Waals surface area contributed by atoms with Crippen LogP contribution in [-0.2, 0) is 6.54 Å². The van der Waals surface area contributed by atoms with Gasteiger partial charge in [0.1, 0.15) is 0 Å². The van der Waals surface area contributed by atoms with Gasteiger partial charge in [0.25, 0.3) is 0 Å². The van der Waals surface area contributed by atoms with E-state index in [0.29, 0.717) is 0 Å². The summed E-state index contributed by atoms with van der Waals surface area (Å²) < 4.78 is 0. The van der Waals surface area contributed by atoms with E-state index in [0.717, 1.165) is 19.0 Å². The number of piperidine rings is 1. The minimum atomic E-state index is 0.180. The molecule has 0 bridgehead atoms. The van der Waals surface area contributed by atoms with Gasteiger partial charge < -0.3 is 5.73 Å². The van der Waals surface area contributed by atoms with Gasteiger partial charge in [-0.25, -0.2) is 0 Å². The molecule has 86 valence electrons. The molecule has 2 fully saturated rings. The van der Waals surface area contributed by atoms with Gasteiger partial charge in [0, 0.05) is 25.2 Å². The Labute approximate surface area is 97.4 Å². The van der Waals surface area contributed by atoms with Gasteiger partial charge in [0.05, 0.1) is 0 Å². The molecule has 2 atom stereocenters. The molecule has 1 aliphatic heterocycles. The molecule has 1 saturated carbocycles. The summed E-state index contributed by atoms with van der Waals surface area (Å²) >= 11 is 0. The van der Waals surface area contributed by atoms with Crippen molar-refractivity contribution in [1.29, 1.82) is 0 Å². The van der Waals surface area contributed by atoms with E-state index in [9.17, 15) is 0 Å². The van der Waals surface area contributed by atoms with E-state index in [2.05, 4.69) is 36.9 Å². The number of benzene rings is 1. The SMILES string of the molecule is Cc1ccc(CN2C[C@H]3C[C@@]3(N)C2)cc1C. The van der Waals surface area contributed by atoms with Crippen molar-refractivity contribution in [1.82, 2.24) is 4.90 Å². The maximum Gasteiger partial charge on any atom is 0.0328 e. The Morgan fingerprint density at radius 1 is 1.38 bits per heavy atom. The standard InChI is InChI=1S/C14H20N2/c1-10-3-4-12(5-11(10)2)7-16-8-13-6-14(13,15)9-16/h3-5,13H,6-9,15H2,1-2H3/t13-,14-/m1/s1. The Hall–Kier alpha value is -0.860. The molecule has 1 aromatic rings. The largest absolute Gasteiger partial charge is 0.324 e. The van der Waals surface area contributed by atoms with Gasteiger partial charge in [-0.3, -0.25) is 4.90 Å². The van der Waals surface area contributed by atoms with Crippen molar-refractivity contribution in [3.05, 3.63) is 34.9 Å².